The first kappa shape index (κ1) is 13.2. The van der Waals surface area contributed by atoms with Gasteiger partial charge in [0.15, 0.2) is 0 Å². The molecule has 1 aromatic rings. The van der Waals surface area contributed by atoms with Crippen LogP contribution >= 0.6 is 15.9 Å². The van der Waals surface area contributed by atoms with Crippen LogP contribution in [0.2, 0.25) is 0 Å². The summed E-state index contributed by atoms with van der Waals surface area (Å²) in [7, 11) is 1.81. The van der Waals surface area contributed by atoms with E-state index in [-0.39, 0.29) is 5.91 Å². The largest absolute Gasteiger partial charge is 0.352 e. The van der Waals surface area contributed by atoms with Crippen molar-refractivity contribution >= 4 is 21.8 Å². The van der Waals surface area contributed by atoms with Crippen molar-refractivity contribution in [3.63, 3.8) is 0 Å². The molecular weight excluding hydrogens is 270 g/mol. The fraction of sp³-hybridized carbons (Fsp3) is 0.636. The lowest BCUT2D eigenvalue weighted by Crippen LogP contribution is -2.26. The lowest BCUT2D eigenvalue weighted by atomic mass is 10.2. The summed E-state index contributed by atoms with van der Waals surface area (Å²) < 4.78 is 1.66. The lowest BCUT2D eigenvalue weighted by molar-refractivity contribution is 0.0952. The van der Waals surface area contributed by atoms with Crippen LogP contribution in [0.25, 0.3) is 0 Å². The van der Waals surface area contributed by atoms with Crippen LogP contribution in [0.1, 0.15) is 35.8 Å². The molecule has 0 saturated carbocycles. The van der Waals surface area contributed by atoms with Gasteiger partial charge in [-0.15, -0.1) is 0 Å². The third-order valence-corrected chi connectivity index (χ3v) is 3.55. The summed E-state index contributed by atoms with van der Waals surface area (Å²) in [4.78, 5) is 12.2. The van der Waals surface area contributed by atoms with Gasteiger partial charge >= 0.3 is 0 Å². The second-order valence-corrected chi connectivity index (χ2v) is 5.15. The van der Waals surface area contributed by atoms with Crippen molar-refractivity contribution in [2.45, 2.75) is 31.5 Å². The van der Waals surface area contributed by atoms with E-state index in [1.807, 2.05) is 14.0 Å². The van der Waals surface area contributed by atoms with Crippen LogP contribution in [-0.2, 0) is 7.05 Å². The highest BCUT2D eigenvalue weighted by molar-refractivity contribution is 9.09. The molecular formula is C11H18BrN3O. The molecule has 0 saturated heterocycles. The van der Waals surface area contributed by atoms with Gasteiger partial charge in [-0.05, 0) is 19.8 Å². The van der Waals surface area contributed by atoms with Crippen LogP contribution in [0, 0.1) is 6.92 Å². The number of aromatic nitrogens is 2. The number of alkyl halides is 1. The first-order chi connectivity index (χ1) is 7.54. The van der Waals surface area contributed by atoms with Crippen LogP contribution in [0.5, 0.6) is 0 Å². The van der Waals surface area contributed by atoms with Crippen molar-refractivity contribution in [3.8, 4) is 0 Å². The Morgan fingerprint density at radius 3 is 2.88 bits per heavy atom. The van der Waals surface area contributed by atoms with Gasteiger partial charge in [0.1, 0.15) is 0 Å². The van der Waals surface area contributed by atoms with Crippen LogP contribution < -0.4 is 5.32 Å². The second-order valence-electron chi connectivity index (χ2n) is 3.85. The summed E-state index contributed by atoms with van der Waals surface area (Å²) in [5.41, 5.74) is 1.43. The van der Waals surface area contributed by atoms with Crippen molar-refractivity contribution in [3.05, 3.63) is 17.5 Å². The minimum Gasteiger partial charge on any atom is -0.352 e. The maximum Gasteiger partial charge on any atom is 0.254 e. The van der Waals surface area contributed by atoms with Gasteiger partial charge in [-0.3, -0.25) is 9.48 Å². The summed E-state index contributed by atoms with van der Waals surface area (Å²) in [5.74, 6) is -0.0404. The minimum atomic E-state index is -0.0404. The van der Waals surface area contributed by atoms with E-state index in [4.69, 9.17) is 0 Å². The molecule has 0 bridgehead atoms. The van der Waals surface area contributed by atoms with Gasteiger partial charge in [-0.25, -0.2) is 0 Å². The number of aryl methyl sites for hydroxylation is 2. The molecule has 1 atom stereocenters. The van der Waals surface area contributed by atoms with E-state index in [1.54, 1.807) is 10.9 Å². The van der Waals surface area contributed by atoms with Crippen LogP contribution in [-0.4, -0.2) is 27.1 Å². The standard InChI is InChI=1S/C11H18BrN3O/c1-4-9(12)5-6-13-11(16)10-7-15(3)14-8(10)2/h7,9H,4-6H2,1-3H3,(H,13,16). The summed E-state index contributed by atoms with van der Waals surface area (Å²) in [5, 5.41) is 7.03. The molecule has 1 rings (SSSR count). The maximum atomic E-state index is 11.8. The molecule has 0 radical (unpaired) electrons. The van der Waals surface area contributed by atoms with E-state index in [2.05, 4.69) is 33.3 Å². The molecule has 1 N–H and O–H groups in total. The van der Waals surface area contributed by atoms with Crippen molar-refractivity contribution < 1.29 is 4.79 Å². The van der Waals surface area contributed by atoms with Gasteiger partial charge in [0, 0.05) is 24.6 Å². The molecule has 4 nitrogen and oxygen atoms in total. The number of hydrogen-bond donors (Lipinski definition) is 1. The van der Waals surface area contributed by atoms with Gasteiger partial charge in [0.2, 0.25) is 0 Å². The average molecular weight is 288 g/mol. The first-order valence-electron chi connectivity index (χ1n) is 5.47. The summed E-state index contributed by atoms with van der Waals surface area (Å²) >= 11 is 3.53. The first-order valence-corrected chi connectivity index (χ1v) is 6.38. The third-order valence-electron chi connectivity index (χ3n) is 2.44. The normalized spacial score (nSPS) is 12.5. The number of halogens is 1. The van der Waals surface area contributed by atoms with Crippen molar-refractivity contribution in [2.75, 3.05) is 6.54 Å². The topological polar surface area (TPSA) is 46.9 Å². The van der Waals surface area contributed by atoms with Crippen LogP contribution in [0.15, 0.2) is 6.20 Å². The number of rotatable bonds is 5. The predicted octanol–water partition coefficient (Wildman–Crippen LogP) is 2.02. The zero-order valence-electron chi connectivity index (χ0n) is 9.96. The van der Waals surface area contributed by atoms with E-state index >= 15 is 0 Å². The fourth-order valence-corrected chi connectivity index (χ4v) is 1.69. The third kappa shape index (κ3) is 3.63. The fourth-order valence-electron chi connectivity index (χ4n) is 1.46. The number of carbonyl (C=O) groups excluding carboxylic acids is 1. The summed E-state index contributed by atoms with van der Waals surface area (Å²) in [6.45, 7) is 4.65. The van der Waals surface area contributed by atoms with E-state index in [0.717, 1.165) is 18.5 Å². The SMILES string of the molecule is CCC(Br)CCNC(=O)c1cn(C)nc1C. The molecule has 1 heterocycles. The number of nitrogens with one attached hydrogen (secondary N) is 1. The molecule has 1 unspecified atom stereocenters. The van der Waals surface area contributed by atoms with Gasteiger partial charge in [0.25, 0.3) is 5.91 Å². The second kappa shape index (κ2) is 6.03. The zero-order chi connectivity index (χ0) is 12.1. The monoisotopic (exact) mass is 287 g/mol. The Bertz CT molecular complexity index is 362. The van der Waals surface area contributed by atoms with Gasteiger partial charge < -0.3 is 5.32 Å². The van der Waals surface area contributed by atoms with Crippen molar-refractivity contribution in [1.29, 1.82) is 0 Å². The molecule has 0 aliphatic rings. The van der Waals surface area contributed by atoms with Crippen molar-refractivity contribution in [2.24, 2.45) is 7.05 Å². The summed E-state index contributed by atoms with van der Waals surface area (Å²) in [6, 6.07) is 0. The molecule has 0 spiro atoms. The molecule has 1 amide bonds. The molecule has 1 aromatic heterocycles. The maximum absolute atomic E-state index is 11.8. The molecule has 0 aliphatic carbocycles. The number of carbonyl (C=O) groups is 1. The van der Waals surface area contributed by atoms with E-state index in [9.17, 15) is 4.79 Å². The van der Waals surface area contributed by atoms with E-state index in [1.165, 1.54) is 0 Å². The Morgan fingerprint density at radius 1 is 1.69 bits per heavy atom. The molecule has 90 valence electrons. The highest BCUT2D eigenvalue weighted by Gasteiger charge is 2.12. The quantitative estimate of drug-likeness (QED) is 0.843. The van der Waals surface area contributed by atoms with E-state index < -0.39 is 0 Å². The van der Waals surface area contributed by atoms with Crippen LogP contribution in [0.4, 0.5) is 0 Å². The van der Waals surface area contributed by atoms with Gasteiger partial charge in [0.05, 0.1) is 11.3 Å². The highest BCUT2D eigenvalue weighted by Crippen LogP contribution is 2.08. The van der Waals surface area contributed by atoms with Gasteiger partial charge in [-0.1, -0.05) is 22.9 Å². The highest BCUT2D eigenvalue weighted by atomic mass is 79.9. The predicted molar refractivity (Wildman–Crippen MR) is 67.9 cm³/mol. The number of nitrogens with zero attached hydrogens (tertiary/aromatic N) is 2. The Labute approximate surface area is 105 Å². The molecule has 16 heavy (non-hydrogen) atoms. The average Bonchev–Trinajstić information content (AvgIpc) is 2.57. The zero-order valence-corrected chi connectivity index (χ0v) is 11.5. The summed E-state index contributed by atoms with van der Waals surface area (Å²) in [6.07, 6.45) is 3.76. The van der Waals surface area contributed by atoms with Gasteiger partial charge in [-0.2, -0.15) is 5.10 Å². The molecule has 5 heteroatoms. The minimum absolute atomic E-state index is 0.0404. The molecule has 0 aromatic carbocycles. The Hall–Kier alpha value is -0.840. The number of hydrogen-bond acceptors (Lipinski definition) is 2. The van der Waals surface area contributed by atoms with Crippen LogP contribution in [0.3, 0.4) is 0 Å². The molecule has 0 fully saturated rings. The van der Waals surface area contributed by atoms with E-state index in [0.29, 0.717) is 16.9 Å². The Balaban J connectivity index is 2.44. The number of amides is 1. The smallest absolute Gasteiger partial charge is 0.254 e. The lowest BCUT2D eigenvalue weighted by Gasteiger charge is -2.07. The molecule has 0 aliphatic heterocycles. The Morgan fingerprint density at radius 2 is 2.38 bits per heavy atom. The Kier molecular flexibility index (Phi) is 4.99. The van der Waals surface area contributed by atoms with Crippen molar-refractivity contribution in [1.82, 2.24) is 15.1 Å².